The van der Waals surface area contributed by atoms with E-state index in [0.29, 0.717) is 0 Å². The standard InChI is InChI=1S/C19H23N5O/c1-25-13-4-5-16-15(10-13)18(22-20-16)11-24-8-6-14-17(7-9-24)21-23-19(14)12-2-3-12/h4-5,10,12H,2-3,6-9,11H2,1H3,(H,20,22)(H,21,23). The van der Waals surface area contributed by atoms with Crippen LogP contribution in [0.5, 0.6) is 5.75 Å². The molecule has 0 spiro atoms. The number of aromatic amines is 2. The van der Waals surface area contributed by atoms with Gasteiger partial charge in [-0.25, -0.2) is 0 Å². The third-order valence-electron chi connectivity index (χ3n) is 5.53. The lowest BCUT2D eigenvalue weighted by Crippen LogP contribution is -2.26. The summed E-state index contributed by atoms with van der Waals surface area (Å²) in [6.45, 7) is 3.00. The first-order valence-electron chi connectivity index (χ1n) is 9.11. The van der Waals surface area contributed by atoms with Gasteiger partial charge < -0.3 is 4.74 Å². The first-order chi connectivity index (χ1) is 12.3. The van der Waals surface area contributed by atoms with E-state index in [-0.39, 0.29) is 0 Å². The zero-order valence-corrected chi connectivity index (χ0v) is 14.5. The lowest BCUT2D eigenvalue weighted by molar-refractivity contribution is 0.276. The summed E-state index contributed by atoms with van der Waals surface area (Å²) in [5.74, 6) is 1.59. The average Bonchev–Trinajstić information content (AvgIpc) is 3.34. The maximum Gasteiger partial charge on any atom is 0.119 e. The van der Waals surface area contributed by atoms with Gasteiger partial charge >= 0.3 is 0 Å². The van der Waals surface area contributed by atoms with E-state index >= 15 is 0 Å². The third kappa shape index (κ3) is 2.70. The Balaban J connectivity index is 1.35. The van der Waals surface area contributed by atoms with Crippen LogP contribution in [0.1, 0.15) is 41.4 Å². The van der Waals surface area contributed by atoms with E-state index in [4.69, 9.17) is 4.74 Å². The number of fused-ring (bicyclic) bond motifs is 2. The summed E-state index contributed by atoms with van der Waals surface area (Å²) in [7, 11) is 1.70. The van der Waals surface area contributed by atoms with Crippen molar-refractivity contribution in [1.82, 2.24) is 25.3 Å². The van der Waals surface area contributed by atoms with Crippen LogP contribution in [0.3, 0.4) is 0 Å². The Bertz CT molecular complexity index is 908. The summed E-state index contributed by atoms with van der Waals surface area (Å²) in [4.78, 5) is 2.51. The van der Waals surface area contributed by atoms with Crippen molar-refractivity contribution in [2.45, 2.75) is 38.1 Å². The van der Waals surface area contributed by atoms with Crippen molar-refractivity contribution in [1.29, 1.82) is 0 Å². The fourth-order valence-electron chi connectivity index (χ4n) is 3.92. The molecule has 25 heavy (non-hydrogen) atoms. The first kappa shape index (κ1) is 15.0. The Morgan fingerprint density at radius 1 is 1.16 bits per heavy atom. The number of methoxy groups -OCH3 is 1. The van der Waals surface area contributed by atoms with Crippen LogP contribution in [-0.4, -0.2) is 45.5 Å². The molecule has 0 bridgehead atoms. The van der Waals surface area contributed by atoms with E-state index in [2.05, 4.69) is 31.4 Å². The van der Waals surface area contributed by atoms with Crippen molar-refractivity contribution in [2.24, 2.45) is 0 Å². The smallest absolute Gasteiger partial charge is 0.119 e. The molecule has 0 atom stereocenters. The molecule has 0 saturated heterocycles. The number of hydrogen-bond donors (Lipinski definition) is 2. The van der Waals surface area contributed by atoms with Crippen molar-refractivity contribution in [3.63, 3.8) is 0 Å². The minimum atomic E-state index is 0.718. The zero-order valence-electron chi connectivity index (χ0n) is 14.5. The Morgan fingerprint density at radius 2 is 2.04 bits per heavy atom. The van der Waals surface area contributed by atoms with Gasteiger partial charge in [0.25, 0.3) is 0 Å². The van der Waals surface area contributed by atoms with Gasteiger partial charge in [0.15, 0.2) is 0 Å². The van der Waals surface area contributed by atoms with Crippen molar-refractivity contribution >= 4 is 10.9 Å². The van der Waals surface area contributed by atoms with Crippen LogP contribution in [-0.2, 0) is 19.4 Å². The second kappa shape index (κ2) is 5.88. The van der Waals surface area contributed by atoms with Gasteiger partial charge in [-0.3, -0.25) is 15.1 Å². The number of rotatable bonds is 4. The molecule has 3 aromatic rings. The second-order valence-corrected chi connectivity index (χ2v) is 7.20. The van der Waals surface area contributed by atoms with Crippen LogP contribution in [0.2, 0.25) is 0 Å². The number of nitrogens with zero attached hydrogens (tertiary/aromatic N) is 3. The highest BCUT2D eigenvalue weighted by Crippen LogP contribution is 2.41. The number of H-pyrrole nitrogens is 2. The third-order valence-corrected chi connectivity index (χ3v) is 5.53. The summed E-state index contributed by atoms with van der Waals surface area (Å²) in [6, 6.07) is 6.04. The van der Waals surface area contributed by atoms with Gasteiger partial charge in [0.2, 0.25) is 0 Å². The monoisotopic (exact) mass is 337 g/mol. The molecule has 1 aromatic carbocycles. The lowest BCUT2D eigenvalue weighted by atomic mass is 10.1. The molecule has 1 aliphatic heterocycles. The molecule has 130 valence electrons. The van der Waals surface area contributed by atoms with Gasteiger partial charge in [-0.1, -0.05) is 0 Å². The van der Waals surface area contributed by atoms with Crippen molar-refractivity contribution in [3.05, 3.63) is 40.8 Å². The van der Waals surface area contributed by atoms with E-state index in [9.17, 15) is 0 Å². The highest BCUT2D eigenvalue weighted by molar-refractivity contribution is 5.82. The molecule has 5 rings (SSSR count). The molecule has 0 radical (unpaired) electrons. The fourth-order valence-corrected chi connectivity index (χ4v) is 3.92. The average molecular weight is 337 g/mol. The second-order valence-electron chi connectivity index (χ2n) is 7.20. The van der Waals surface area contributed by atoms with Gasteiger partial charge in [-0.05, 0) is 43.0 Å². The van der Waals surface area contributed by atoms with Crippen molar-refractivity contribution in [3.8, 4) is 5.75 Å². The van der Waals surface area contributed by atoms with Crippen LogP contribution in [0.4, 0.5) is 0 Å². The SMILES string of the molecule is COc1ccc2n[nH]c(CN3CCc4[nH]nc(C5CC5)c4CC3)c2c1. The lowest BCUT2D eigenvalue weighted by Gasteiger charge is -2.19. The summed E-state index contributed by atoms with van der Waals surface area (Å²) >= 11 is 0. The van der Waals surface area contributed by atoms with E-state index in [1.165, 1.54) is 35.5 Å². The maximum absolute atomic E-state index is 5.36. The topological polar surface area (TPSA) is 69.8 Å². The molecule has 1 aliphatic carbocycles. The van der Waals surface area contributed by atoms with Crippen LogP contribution >= 0.6 is 0 Å². The normalized spacial score (nSPS) is 18.3. The van der Waals surface area contributed by atoms with Crippen LogP contribution in [0, 0.1) is 0 Å². The largest absolute Gasteiger partial charge is 0.497 e. The minimum Gasteiger partial charge on any atom is -0.497 e. The molecule has 1 saturated carbocycles. The molecule has 0 unspecified atom stereocenters. The number of benzene rings is 1. The molecule has 2 aromatic heterocycles. The van der Waals surface area contributed by atoms with Gasteiger partial charge in [-0.15, -0.1) is 0 Å². The van der Waals surface area contributed by atoms with E-state index < -0.39 is 0 Å². The predicted octanol–water partition coefficient (Wildman–Crippen LogP) is 2.77. The molecule has 1 fully saturated rings. The van der Waals surface area contributed by atoms with Crippen LogP contribution in [0.25, 0.3) is 10.9 Å². The Labute approximate surface area is 146 Å². The number of nitrogens with one attached hydrogen (secondary N) is 2. The molecular formula is C19H23N5O. The fraction of sp³-hybridized carbons (Fsp3) is 0.474. The highest BCUT2D eigenvalue weighted by atomic mass is 16.5. The van der Waals surface area contributed by atoms with E-state index in [1.54, 1.807) is 7.11 Å². The molecule has 0 amide bonds. The van der Waals surface area contributed by atoms with Gasteiger partial charge in [0.1, 0.15) is 5.75 Å². The van der Waals surface area contributed by atoms with Gasteiger partial charge in [0.05, 0.1) is 24.0 Å². The molecule has 3 heterocycles. The Kier molecular flexibility index (Phi) is 3.52. The summed E-state index contributed by atoms with van der Waals surface area (Å²) in [5, 5.41) is 16.7. The molecule has 2 aliphatic rings. The molecular weight excluding hydrogens is 314 g/mol. The number of aromatic nitrogens is 4. The molecule has 6 nitrogen and oxygen atoms in total. The Hall–Kier alpha value is -2.34. The predicted molar refractivity (Wildman–Crippen MR) is 95.9 cm³/mol. The van der Waals surface area contributed by atoms with Crippen molar-refractivity contribution in [2.75, 3.05) is 20.2 Å². The molecule has 6 heteroatoms. The number of hydrogen-bond acceptors (Lipinski definition) is 4. The minimum absolute atomic E-state index is 0.718. The van der Waals surface area contributed by atoms with Gasteiger partial charge in [-0.2, -0.15) is 10.2 Å². The summed E-state index contributed by atoms with van der Waals surface area (Å²) in [6.07, 6.45) is 4.75. The maximum atomic E-state index is 5.36. The number of ether oxygens (including phenoxy) is 1. The van der Waals surface area contributed by atoms with Crippen LogP contribution < -0.4 is 4.74 Å². The van der Waals surface area contributed by atoms with E-state index in [0.717, 1.165) is 55.0 Å². The summed E-state index contributed by atoms with van der Waals surface area (Å²) < 4.78 is 5.36. The quantitative estimate of drug-likeness (QED) is 0.768. The van der Waals surface area contributed by atoms with Crippen molar-refractivity contribution < 1.29 is 4.74 Å². The molecule has 2 N–H and O–H groups in total. The highest BCUT2D eigenvalue weighted by Gasteiger charge is 2.31. The first-order valence-corrected chi connectivity index (χ1v) is 9.11. The van der Waals surface area contributed by atoms with E-state index in [1.807, 2.05) is 12.1 Å². The summed E-state index contributed by atoms with van der Waals surface area (Å²) in [5.41, 5.74) is 6.34. The Morgan fingerprint density at radius 3 is 2.88 bits per heavy atom. The zero-order chi connectivity index (χ0) is 16.8. The van der Waals surface area contributed by atoms with Crippen LogP contribution in [0.15, 0.2) is 18.2 Å². The van der Waals surface area contributed by atoms with Gasteiger partial charge in [0, 0.05) is 43.1 Å².